The van der Waals surface area contributed by atoms with Gasteiger partial charge in [0.2, 0.25) is 0 Å². The largest absolute Gasteiger partial charge is 0.313 e. The molecular formula is C12H16FNS. The van der Waals surface area contributed by atoms with Crippen LogP contribution in [0.3, 0.4) is 0 Å². The minimum Gasteiger partial charge on any atom is -0.313 e. The van der Waals surface area contributed by atoms with Crippen LogP contribution < -0.4 is 5.32 Å². The summed E-state index contributed by atoms with van der Waals surface area (Å²) < 4.78 is 12.6. The van der Waals surface area contributed by atoms with Crippen molar-refractivity contribution in [1.29, 1.82) is 0 Å². The fourth-order valence-electron chi connectivity index (χ4n) is 1.77. The molecule has 1 fully saturated rings. The van der Waals surface area contributed by atoms with Gasteiger partial charge in [-0.2, -0.15) is 11.8 Å². The van der Waals surface area contributed by atoms with E-state index in [2.05, 4.69) is 5.32 Å². The van der Waals surface area contributed by atoms with E-state index in [9.17, 15) is 4.39 Å². The van der Waals surface area contributed by atoms with Gasteiger partial charge in [0.1, 0.15) is 5.82 Å². The van der Waals surface area contributed by atoms with E-state index in [-0.39, 0.29) is 5.82 Å². The van der Waals surface area contributed by atoms with Crippen LogP contribution in [-0.2, 0) is 6.42 Å². The van der Waals surface area contributed by atoms with Crippen molar-refractivity contribution >= 4 is 11.8 Å². The summed E-state index contributed by atoms with van der Waals surface area (Å²) in [6.45, 7) is 0.997. The summed E-state index contributed by atoms with van der Waals surface area (Å²) in [5.74, 6) is 2.37. The Hall–Kier alpha value is -0.540. The number of rotatable bonds is 4. The van der Waals surface area contributed by atoms with Crippen molar-refractivity contribution in [3.63, 3.8) is 0 Å². The maximum Gasteiger partial charge on any atom is 0.123 e. The van der Waals surface area contributed by atoms with Gasteiger partial charge in [-0.3, -0.25) is 0 Å². The van der Waals surface area contributed by atoms with Crippen molar-refractivity contribution in [1.82, 2.24) is 5.32 Å². The summed E-state index contributed by atoms with van der Waals surface area (Å²) in [5.41, 5.74) is 1.20. The molecule has 0 spiro atoms. The Labute approximate surface area is 94.5 Å². The van der Waals surface area contributed by atoms with Crippen LogP contribution in [0.5, 0.6) is 0 Å². The molecule has 1 aromatic carbocycles. The van der Waals surface area contributed by atoms with E-state index in [4.69, 9.17) is 0 Å². The quantitative estimate of drug-likeness (QED) is 0.845. The first-order valence-corrected chi connectivity index (χ1v) is 6.55. The van der Waals surface area contributed by atoms with Gasteiger partial charge in [0.05, 0.1) is 0 Å². The van der Waals surface area contributed by atoms with Crippen molar-refractivity contribution in [2.75, 3.05) is 18.1 Å². The van der Waals surface area contributed by atoms with Crippen molar-refractivity contribution < 1.29 is 4.39 Å². The second-order valence-electron chi connectivity index (χ2n) is 3.89. The highest BCUT2D eigenvalue weighted by atomic mass is 32.2. The van der Waals surface area contributed by atoms with Crippen LogP contribution in [0.25, 0.3) is 0 Å². The molecule has 82 valence electrons. The summed E-state index contributed by atoms with van der Waals surface area (Å²) in [6, 6.07) is 7.47. The summed E-state index contributed by atoms with van der Waals surface area (Å²) in [7, 11) is 0. The molecule has 0 amide bonds. The van der Waals surface area contributed by atoms with Gasteiger partial charge in [0.15, 0.2) is 0 Å². The van der Waals surface area contributed by atoms with Crippen LogP contribution in [-0.4, -0.2) is 24.1 Å². The van der Waals surface area contributed by atoms with Crippen molar-refractivity contribution in [3.05, 3.63) is 35.6 Å². The van der Waals surface area contributed by atoms with Gasteiger partial charge in [-0.05, 0) is 42.8 Å². The van der Waals surface area contributed by atoms with E-state index >= 15 is 0 Å². The predicted molar refractivity (Wildman–Crippen MR) is 63.8 cm³/mol. The average Bonchev–Trinajstić information content (AvgIpc) is 2.74. The van der Waals surface area contributed by atoms with Crippen LogP contribution in [0.4, 0.5) is 4.39 Å². The monoisotopic (exact) mass is 225 g/mol. The zero-order chi connectivity index (χ0) is 10.5. The maximum absolute atomic E-state index is 12.6. The van der Waals surface area contributed by atoms with Gasteiger partial charge in [-0.1, -0.05) is 12.1 Å². The fourth-order valence-corrected chi connectivity index (χ4v) is 2.95. The smallest absolute Gasteiger partial charge is 0.123 e. The van der Waals surface area contributed by atoms with Crippen LogP contribution in [0.15, 0.2) is 24.3 Å². The Kier molecular flexibility index (Phi) is 4.03. The molecule has 0 saturated carbocycles. The number of hydrogen-bond acceptors (Lipinski definition) is 2. The molecule has 0 radical (unpaired) electrons. The third-order valence-corrected chi connectivity index (χ3v) is 3.85. The molecule has 1 aliphatic heterocycles. The number of thioether (sulfide) groups is 1. The van der Waals surface area contributed by atoms with Gasteiger partial charge >= 0.3 is 0 Å². The van der Waals surface area contributed by atoms with E-state index in [1.54, 1.807) is 0 Å². The normalized spacial score (nSPS) is 20.7. The Morgan fingerprint density at radius 1 is 1.33 bits per heavy atom. The van der Waals surface area contributed by atoms with Gasteiger partial charge in [-0.15, -0.1) is 0 Å². The summed E-state index contributed by atoms with van der Waals surface area (Å²) in [5, 5.41) is 3.53. The van der Waals surface area contributed by atoms with Crippen molar-refractivity contribution in [3.8, 4) is 0 Å². The first kappa shape index (κ1) is 11.0. The molecule has 0 aliphatic carbocycles. The third-order valence-electron chi connectivity index (χ3n) is 2.69. The molecule has 1 atom stereocenters. The standard InChI is InChI=1S/C12H16FNS/c13-11-3-1-10(2-4-11)5-7-14-12-6-8-15-9-12/h1-4,12,14H,5-9H2/t12-/m0/s1. The molecule has 1 aliphatic rings. The highest BCUT2D eigenvalue weighted by Gasteiger charge is 2.13. The van der Waals surface area contributed by atoms with Crippen molar-refractivity contribution in [2.24, 2.45) is 0 Å². The minimum absolute atomic E-state index is 0.154. The van der Waals surface area contributed by atoms with E-state index in [0.717, 1.165) is 13.0 Å². The molecule has 1 aromatic rings. The summed E-state index contributed by atoms with van der Waals surface area (Å²) in [4.78, 5) is 0. The SMILES string of the molecule is Fc1ccc(CCN[C@H]2CCSC2)cc1. The lowest BCUT2D eigenvalue weighted by Gasteiger charge is -2.10. The number of halogens is 1. The van der Waals surface area contributed by atoms with Gasteiger partial charge in [0.25, 0.3) is 0 Å². The minimum atomic E-state index is -0.154. The molecule has 1 N–H and O–H groups in total. The Morgan fingerprint density at radius 3 is 2.80 bits per heavy atom. The second-order valence-corrected chi connectivity index (χ2v) is 5.04. The molecular weight excluding hydrogens is 209 g/mol. The maximum atomic E-state index is 12.6. The summed E-state index contributed by atoms with van der Waals surface area (Å²) >= 11 is 2.02. The Balaban J connectivity index is 1.71. The first-order valence-electron chi connectivity index (χ1n) is 5.40. The molecule has 2 rings (SSSR count). The molecule has 1 nitrogen and oxygen atoms in total. The van der Waals surface area contributed by atoms with Crippen LogP contribution in [0.2, 0.25) is 0 Å². The number of hydrogen-bond donors (Lipinski definition) is 1. The lowest BCUT2D eigenvalue weighted by Crippen LogP contribution is -2.30. The predicted octanol–water partition coefficient (Wildman–Crippen LogP) is 2.46. The lowest BCUT2D eigenvalue weighted by molar-refractivity contribution is 0.560. The van der Waals surface area contributed by atoms with E-state index in [1.807, 2.05) is 23.9 Å². The second kappa shape index (κ2) is 5.52. The highest BCUT2D eigenvalue weighted by Crippen LogP contribution is 2.16. The number of benzene rings is 1. The molecule has 15 heavy (non-hydrogen) atoms. The number of nitrogens with one attached hydrogen (secondary N) is 1. The Bertz CT molecular complexity index is 293. The van der Waals surface area contributed by atoms with E-state index in [1.165, 1.54) is 35.6 Å². The van der Waals surface area contributed by atoms with Crippen LogP contribution >= 0.6 is 11.8 Å². The zero-order valence-corrected chi connectivity index (χ0v) is 9.52. The van der Waals surface area contributed by atoms with E-state index < -0.39 is 0 Å². The molecule has 1 heterocycles. The van der Waals surface area contributed by atoms with Gasteiger partial charge in [0, 0.05) is 11.8 Å². The third kappa shape index (κ3) is 3.50. The van der Waals surface area contributed by atoms with Gasteiger partial charge < -0.3 is 5.32 Å². The topological polar surface area (TPSA) is 12.0 Å². The summed E-state index contributed by atoms with van der Waals surface area (Å²) in [6.07, 6.45) is 2.27. The fraction of sp³-hybridized carbons (Fsp3) is 0.500. The van der Waals surface area contributed by atoms with E-state index in [0.29, 0.717) is 6.04 Å². The van der Waals surface area contributed by atoms with Crippen molar-refractivity contribution in [2.45, 2.75) is 18.9 Å². The van der Waals surface area contributed by atoms with Crippen LogP contribution in [0.1, 0.15) is 12.0 Å². The molecule has 0 bridgehead atoms. The van der Waals surface area contributed by atoms with Crippen LogP contribution in [0, 0.1) is 5.82 Å². The average molecular weight is 225 g/mol. The molecule has 3 heteroatoms. The zero-order valence-electron chi connectivity index (χ0n) is 8.71. The lowest BCUT2D eigenvalue weighted by atomic mass is 10.1. The highest BCUT2D eigenvalue weighted by molar-refractivity contribution is 7.99. The molecule has 0 unspecified atom stereocenters. The first-order chi connectivity index (χ1) is 7.34. The Morgan fingerprint density at radius 2 is 2.13 bits per heavy atom. The molecule has 0 aromatic heterocycles. The van der Waals surface area contributed by atoms with Gasteiger partial charge in [-0.25, -0.2) is 4.39 Å². The molecule has 1 saturated heterocycles.